The van der Waals surface area contributed by atoms with Crippen LogP contribution in [0.25, 0.3) is 0 Å². The van der Waals surface area contributed by atoms with E-state index in [1.807, 2.05) is 12.1 Å². The maximum atomic E-state index is 11.9. The van der Waals surface area contributed by atoms with E-state index < -0.39 is 22.7 Å². The van der Waals surface area contributed by atoms with Gasteiger partial charge in [-0.15, -0.1) is 0 Å². The van der Waals surface area contributed by atoms with Gasteiger partial charge >= 0.3 is 6.09 Å². The van der Waals surface area contributed by atoms with E-state index in [-0.39, 0.29) is 6.04 Å². The standard InChI is InChI=1S/C14H21ClN2O3S/c1-14(2,3)20-13(18)17-12(9-16-21(4)19)10-5-7-11(15)8-6-10/h5-8,12,16H,9H2,1-4H3,(H,17,18). The number of ether oxygens (including phenoxy) is 1. The average molecular weight is 333 g/mol. The van der Waals surface area contributed by atoms with E-state index in [0.717, 1.165) is 5.56 Å². The van der Waals surface area contributed by atoms with Crippen molar-refractivity contribution in [3.05, 3.63) is 34.9 Å². The Kier molecular flexibility index (Phi) is 6.64. The van der Waals surface area contributed by atoms with E-state index in [0.29, 0.717) is 11.6 Å². The van der Waals surface area contributed by atoms with E-state index in [2.05, 4.69) is 10.0 Å². The first kappa shape index (κ1) is 17.9. The van der Waals surface area contributed by atoms with Crippen LogP contribution in [0.4, 0.5) is 4.79 Å². The number of carbonyl (C=O) groups is 1. The molecule has 1 aromatic rings. The molecule has 0 aromatic heterocycles. The highest BCUT2D eigenvalue weighted by Crippen LogP contribution is 2.17. The Morgan fingerprint density at radius 3 is 2.38 bits per heavy atom. The van der Waals surface area contributed by atoms with E-state index in [1.54, 1.807) is 32.9 Å². The van der Waals surface area contributed by atoms with Gasteiger partial charge in [-0.25, -0.2) is 13.7 Å². The highest BCUT2D eigenvalue weighted by atomic mass is 35.5. The summed E-state index contributed by atoms with van der Waals surface area (Å²) in [6.07, 6.45) is 1.01. The number of alkyl carbamates (subject to hydrolysis) is 1. The predicted octanol–water partition coefficient (Wildman–Crippen LogP) is 2.79. The van der Waals surface area contributed by atoms with Gasteiger partial charge in [0.15, 0.2) is 0 Å². The molecule has 0 aliphatic heterocycles. The van der Waals surface area contributed by atoms with Gasteiger partial charge in [0, 0.05) is 17.8 Å². The Morgan fingerprint density at radius 1 is 1.33 bits per heavy atom. The van der Waals surface area contributed by atoms with Crippen LogP contribution in [0.1, 0.15) is 32.4 Å². The average Bonchev–Trinajstić information content (AvgIpc) is 2.33. The fourth-order valence-corrected chi connectivity index (χ4v) is 2.13. The van der Waals surface area contributed by atoms with Crippen molar-refractivity contribution in [2.24, 2.45) is 0 Å². The SMILES string of the molecule is CS(=O)NCC(NC(=O)OC(C)(C)C)c1ccc(Cl)cc1. The fraction of sp³-hybridized carbons (Fsp3) is 0.500. The molecule has 1 rings (SSSR count). The van der Waals surface area contributed by atoms with Gasteiger partial charge in [-0.3, -0.25) is 0 Å². The highest BCUT2D eigenvalue weighted by molar-refractivity contribution is 7.82. The first-order valence-electron chi connectivity index (χ1n) is 6.49. The maximum Gasteiger partial charge on any atom is 0.408 e. The van der Waals surface area contributed by atoms with Crippen molar-refractivity contribution in [2.45, 2.75) is 32.4 Å². The summed E-state index contributed by atoms with van der Waals surface area (Å²) in [6.45, 7) is 5.71. The molecular formula is C14H21ClN2O3S. The largest absolute Gasteiger partial charge is 0.444 e. The topological polar surface area (TPSA) is 67.4 Å². The molecule has 118 valence electrons. The molecule has 0 saturated heterocycles. The lowest BCUT2D eigenvalue weighted by molar-refractivity contribution is 0.0504. The van der Waals surface area contributed by atoms with Gasteiger partial charge in [-0.1, -0.05) is 23.7 Å². The van der Waals surface area contributed by atoms with E-state index >= 15 is 0 Å². The fourth-order valence-electron chi connectivity index (χ4n) is 1.60. The zero-order valence-corrected chi connectivity index (χ0v) is 14.2. The Hall–Kier alpha value is -1.11. The molecule has 0 fully saturated rings. The first-order valence-corrected chi connectivity index (χ1v) is 8.43. The Bertz CT molecular complexity index is 500. The van der Waals surface area contributed by atoms with Crippen LogP contribution in [0.3, 0.4) is 0 Å². The molecule has 0 spiro atoms. The first-order chi connectivity index (χ1) is 9.67. The Labute approximate surface area is 133 Å². The smallest absolute Gasteiger partial charge is 0.408 e. The molecule has 1 amide bonds. The third kappa shape index (κ3) is 7.45. The van der Waals surface area contributed by atoms with Crippen LogP contribution < -0.4 is 10.0 Å². The number of carbonyl (C=O) groups excluding carboxylic acids is 1. The molecular weight excluding hydrogens is 312 g/mol. The van der Waals surface area contributed by atoms with E-state index in [1.165, 1.54) is 6.26 Å². The Morgan fingerprint density at radius 2 is 1.90 bits per heavy atom. The third-order valence-corrected chi connectivity index (χ3v) is 3.28. The number of halogens is 1. The van der Waals surface area contributed by atoms with E-state index in [9.17, 15) is 9.00 Å². The number of nitrogens with one attached hydrogen (secondary N) is 2. The lowest BCUT2D eigenvalue weighted by atomic mass is 10.1. The summed E-state index contributed by atoms with van der Waals surface area (Å²) in [5.74, 6) is 0. The molecule has 2 N–H and O–H groups in total. The summed E-state index contributed by atoms with van der Waals surface area (Å²) in [4.78, 5) is 11.9. The molecule has 0 aliphatic carbocycles. The molecule has 0 aliphatic rings. The molecule has 1 aromatic carbocycles. The third-order valence-electron chi connectivity index (χ3n) is 2.45. The summed E-state index contributed by atoms with van der Waals surface area (Å²) in [7, 11) is -1.17. The van der Waals surface area contributed by atoms with Crippen LogP contribution in [0.2, 0.25) is 5.02 Å². The molecule has 21 heavy (non-hydrogen) atoms. The number of benzene rings is 1. The minimum absolute atomic E-state index is 0.323. The van der Waals surface area contributed by atoms with Gasteiger partial charge in [-0.2, -0.15) is 0 Å². The monoisotopic (exact) mass is 332 g/mol. The van der Waals surface area contributed by atoms with Crippen molar-refractivity contribution in [3.8, 4) is 0 Å². The van der Waals surface area contributed by atoms with Crippen LogP contribution in [-0.4, -0.2) is 28.7 Å². The molecule has 7 heteroatoms. The van der Waals surface area contributed by atoms with E-state index in [4.69, 9.17) is 16.3 Å². The van der Waals surface area contributed by atoms with Crippen molar-refractivity contribution in [3.63, 3.8) is 0 Å². The quantitative estimate of drug-likeness (QED) is 0.871. The van der Waals surface area contributed by atoms with Gasteiger partial charge < -0.3 is 10.1 Å². The highest BCUT2D eigenvalue weighted by Gasteiger charge is 2.20. The summed E-state index contributed by atoms with van der Waals surface area (Å²) in [5, 5.41) is 3.38. The molecule has 2 atom stereocenters. The normalized spacial score (nSPS) is 14.3. The Balaban J connectivity index is 2.79. The summed E-state index contributed by atoms with van der Waals surface area (Å²) >= 11 is 5.86. The van der Waals surface area contributed by atoms with Gasteiger partial charge in [0.2, 0.25) is 0 Å². The van der Waals surface area contributed by atoms with Crippen LogP contribution in [-0.2, 0) is 15.7 Å². The molecule has 5 nitrogen and oxygen atoms in total. The summed E-state index contributed by atoms with van der Waals surface area (Å²) < 4.78 is 19.2. The van der Waals surface area contributed by atoms with Crippen molar-refractivity contribution in [2.75, 3.05) is 12.8 Å². The number of hydrogen-bond donors (Lipinski definition) is 2. The van der Waals surface area contributed by atoms with Crippen LogP contribution >= 0.6 is 11.6 Å². The minimum Gasteiger partial charge on any atom is -0.444 e. The second-order valence-corrected chi connectivity index (χ2v) is 7.19. The molecule has 0 radical (unpaired) electrons. The van der Waals surface area contributed by atoms with Crippen molar-refractivity contribution < 1.29 is 13.7 Å². The summed E-state index contributed by atoms with van der Waals surface area (Å²) in [5.41, 5.74) is 0.276. The van der Waals surface area contributed by atoms with Crippen LogP contribution in [0.15, 0.2) is 24.3 Å². The van der Waals surface area contributed by atoms with Crippen LogP contribution in [0, 0.1) is 0 Å². The van der Waals surface area contributed by atoms with Gasteiger partial charge in [-0.05, 0) is 38.5 Å². The number of amides is 1. The van der Waals surface area contributed by atoms with Gasteiger partial charge in [0.25, 0.3) is 0 Å². The zero-order chi connectivity index (χ0) is 16.0. The second-order valence-electron chi connectivity index (χ2n) is 5.55. The van der Waals surface area contributed by atoms with Crippen molar-refractivity contribution >= 4 is 28.7 Å². The van der Waals surface area contributed by atoms with Gasteiger partial charge in [0.1, 0.15) is 5.60 Å². The maximum absolute atomic E-state index is 11.9. The van der Waals surface area contributed by atoms with Gasteiger partial charge in [0.05, 0.1) is 17.0 Å². The van der Waals surface area contributed by atoms with Crippen molar-refractivity contribution in [1.82, 2.24) is 10.0 Å². The molecule has 0 saturated carbocycles. The predicted molar refractivity (Wildman–Crippen MR) is 85.6 cm³/mol. The van der Waals surface area contributed by atoms with Crippen molar-refractivity contribution in [1.29, 1.82) is 0 Å². The zero-order valence-electron chi connectivity index (χ0n) is 12.6. The minimum atomic E-state index is -1.17. The molecule has 0 heterocycles. The lowest BCUT2D eigenvalue weighted by Gasteiger charge is -2.24. The number of rotatable bonds is 5. The van der Waals surface area contributed by atoms with Crippen LogP contribution in [0.5, 0.6) is 0 Å². The second kappa shape index (κ2) is 7.77. The molecule has 2 unspecified atom stereocenters. The number of hydrogen-bond acceptors (Lipinski definition) is 3. The molecule has 0 bridgehead atoms. The summed E-state index contributed by atoms with van der Waals surface area (Å²) in [6, 6.07) is 6.74. The lowest BCUT2D eigenvalue weighted by Crippen LogP contribution is -2.39.